The second-order valence-electron chi connectivity index (χ2n) is 8.35. The Labute approximate surface area is 189 Å². The summed E-state index contributed by atoms with van der Waals surface area (Å²) in [5, 5.41) is 12.0. The number of nitrogens with one attached hydrogen (secondary N) is 1. The van der Waals surface area contributed by atoms with E-state index < -0.39 is 0 Å². The lowest BCUT2D eigenvalue weighted by molar-refractivity contribution is 0.188. The molecule has 32 heavy (non-hydrogen) atoms. The van der Waals surface area contributed by atoms with Gasteiger partial charge in [0.25, 0.3) is 0 Å². The van der Waals surface area contributed by atoms with Crippen molar-refractivity contribution >= 4 is 5.96 Å². The zero-order valence-corrected chi connectivity index (χ0v) is 19.3. The summed E-state index contributed by atoms with van der Waals surface area (Å²) in [6.45, 7) is 7.26. The van der Waals surface area contributed by atoms with Crippen LogP contribution in [0.4, 0.5) is 0 Å². The monoisotopic (exact) mass is 436 g/mol. The molecule has 1 aromatic carbocycles. The number of likely N-dealkylation sites (tertiary alicyclic amines) is 1. The molecule has 2 atom stereocenters. The molecule has 2 unspecified atom stereocenters. The van der Waals surface area contributed by atoms with Crippen molar-refractivity contribution in [3.8, 4) is 5.75 Å². The fraction of sp³-hybridized carbons (Fsp3) is 0.478. The Balaban J connectivity index is 1.53. The average Bonchev–Trinajstić information content (AvgIpc) is 3.46. The highest BCUT2D eigenvalue weighted by Crippen LogP contribution is 2.27. The summed E-state index contributed by atoms with van der Waals surface area (Å²) in [5.74, 6) is 4.09. The highest BCUT2D eigenvalue weighted by molar-refractivity contribution is 5.80. The van der Waals surface area contributed by atoms with Crippen LogP contribution in [0.3, 0.4) is 0 Å². The summed E-state index contributed by atoms with van der Waals surface area (Å²) in [6.07, 6.45) is 6.90. The van der Waals surface area contributed by atoms with Gasteiger partial charge in [-0.3, -0.25) is 0 Å². The third-order valence-corrected chi connectivity index (χ3v) is 6.28. The fourth-order valence-electron chi connectivity index (χ4n) is 4.02. The van der Waals surface area contributed by atoms with E-state index in [4.69, 9.17) is 9.73 Å². The lowest BCUT2D eigenvalue weighted by Gasteiger charge is -2.39. The molecule has 9 nitrogen and oxygen atoms in total. The molecular weight excluding hydrogens is 404 g/mol. The quantitative estimate of drug-likeness (QED) is 0.472. The van der Waals surface area contributed by atoms with Crippen LogP contribution in [0.5, 0.6) is 5.75 Å². The topological polar surface area (TPSA) is 85.4 Å². The molecule has 0 radical (unpaired) electrons. The minimum Gasteiger partial charge on any atom is -0.497 e. The molecule has 3 aromatic rings. The molecule has 3 heterocycles. The van der Waals surface area contributed by atoms with Crippen LogP contribution in [0.2, 0.25) is 0 Å². The molecule has 0 saturated carbocycles. The third-order valence-electron chi connectivity index (χ3n) is 6.28. The van der Waals surface area contributed by atoms with Gasteiger partial charge < -0.3 is 24.1 Å². The number of aryl methyl sites for hydroxylation is 1. The number of imidazole rings is 1. The average molecular weight is 437 g/mol. The number of hydrogen-bond acceptors (Lipinski definition) is 5. The molecule has 0 aliphatic carbocycles. The highest BCUT2D eigenvalue weighted by Gasteiger charge is 2.29. The normalized spacial score (nSPS) is 19.2. The molecule has 1 saturated heterocycles. The number of hydrogen-bond donors (Lipinski definition) is 1. The minimum absolute atomic E-state index is 0.358. The molecule has 1 aliphatic heterocycles. The van der Waals surface area contributed by atoms with Gasteiger partial charge in [-0.2, -0.15) is 0 Å². The zero-order valence-electron chi connectivity index (χ0n) is 19.3. The second-order valence-corrected chi connectivity index (χ2v) is 8.35. The Morgan fingerprint density at radius 2 is 2.06 bits per heavy atom. The van der Waals surface area contributed by atoms with Gasteiger partial charge in [-0.15, -0.1) is 10.2 Å². The van der Waals surface area contributed by atoms with Gasteiger partial charge in [0.1, 0.15) is 11.6 Å². The minimum atomic E-state index is 0.358. The number of benzene rings is 1. The Morgan fingerprint density at radius 1 is 1.25 bits per heavy atom. The van der Waals surface area contributed by atoms with E-state index in [2.05, 4.69) is 55.2 Å². The van der Waals surface area contributed by atoms with E-state index in [-0.39, 0.29) is 0 Å². The summed E-state index contributed by atoms with van der Waals surface area (Å²) in [5.41, 5.74) is 1.14. The second kappa shape index (κ2) is 9.84. The summed E-state index contributed by atoms with van der Waals surface area (Å²) < 4.78 is 9.48. The van der Waals surface area contributed by atoms with Crippen molar-refractivity contribution in [3.05, 3.63) is 60.2 Å². The molecule has 1 N–H and O–H groups in total. The van der Waals surface area contributed by atoms with E-state index in [1.54, 1.807) is 7.11 Å². The molecule has 9 heteroatoms. The number of guanidine groups is 1. The number of aliphatic imine (C=N–C) groups is 1. The predicted molar refractivity (Wildman–Crippen MR) is 123 cm³/mol. The van der Waals surface area contributed by atoms with Gasteiger partial charge in [0.15, 0.2) is 11.8 Å². The maximum Gasteiger partial charge on any atom is 0.194 e. The summed E-state index contributed by atoms with van der Waals surface area (Å²) >= 11 is 0. The standard InChI is InChI=1S/C23H32N8O/c1-17-9-11-30(15-21(17)31-12-10-24-16-31)23(26-14-22-28-27-18(2)29(22)3)25-13-19-5-7-20(32-4)8-6-19/h5-8,10,12,16-17,21H,9,11,13-15H2,1-4H3,(H,25,26). The predicted octanol–water partition coefficient (Wildman–Crippen LogP) is 2.56. The molecule has 0 spiro atoms. The Kier molecular flexibility index (Phi) is 6.72. The van der Waals surface area contributed by atoms with Crippen molar-refractivity contribution in [1.29, 1.82) is 0 Å². The van der Waals surface area contributed by atoms with Crippen LogP contribution < -0.4 is 10.1 Å². The first kappa shape index (κ1) is 21.9. The smallest absolute Gasteiger partial charge is 0.194 e. The van der Waals surface area contributed by atoms with Gasteiger partial charge in [-0.05, 0) is 37.0 Å². The molecule has 4 rings (SSSR count). The van der Waals surface area contributed by atoms with Crippen molar-refractivity contribution in [2.45, 2.75) is 39.4 Å². The highest BCUT2D eigenvalue weighted by atomic mass is 16.5. The van der Waals surface area contributed by atoms with Crippen LogP contribution >= 0.6 is 0 Å². The number of piperidine rings is 1. The van der Waals surface area contributed by atoms with Crippen LogP contribution in [0.1, 0.15) is 36.6 Å². The van der Waals surface area contributed by atoms with E-state index in [0.29, 0.717) is 25.0 Å². The first-order valence-electron chi connectivity index (χ1n) is 11.0. The molecule has 0 amide bonds. The molecular formula is C23H32N8O. The van der Waals surface area contributed by atoms with E-state index >= 15 is 0 Å². The first-order valence-corrected chi connectivity index (χ1v) is 11.0. The van der Waals surface area contributed by atoms with Crippen LogP contribution in [0.15, 0.2) is 48.0 Å². The zero-order chi connectivity index (χ0) is 22.5. The number of ether oxygens (including phenoxy) is 1. The van der Waals surface area contributed by atoms with Crippen LogP contribution in [0.25, 0.3) is 0 Å². The Morgan fingerprint density at radius 3 is 2.72 bits per heavy atom. The van der Waals surface area contributed by atoms with Crippen molar-refractivity contribution in [2.24, 2.45) is 18.0 Å². The lowest BCUT2D eigenvalue weighted by Crippen LogP contribution is -2.49. The number of rotatable bonds is 6. The maximum atomic E-state index is 5.27. The van der Waals surface area contributed by atoms with Gasteiger partial charge in [0.05, 0.1) is 32.6 Å². The van der Waals surface area contributed by atoms with Gasteiger partial charge in [-0.25, -0.2) is 9.98 Å². The SMILES string of the molecule is COc1ccc(CN=C(NCc2nnc(C)n2C)N2CCC(C)C(n3ccnc3)C2)cc1. The molecule has 170 valence electrons. The molecule has 0 bridgehead atoms. The molecule has 1 aliphatic rings. The third kappa shape index (κ3) is 4.92. The fourth-order valence-corrected chi connectivity index (χ4v) is 4.02. The van der Waals surface area contributed by atoms with E-state index in [9.17, 15) is 0 Å². The van der Waals surface area contributed by atoms with Crippen LogP contribution in [-0.2, 0) is 20.1 Å². The summed E-state index contributed by atoms with van der Waals surface area (Å²) in [7, 11) is 3.66. The van der Waals surface area contributed by atoms with Gasteiger partial charge in [0, 0.05) is 32.5 Å². The Hall–Kier alpha value is -3.36. The van der Waals surface area contributed by atoms with Crippen molar-refractivity contribution in [3.63, 3.8) is 0 Å². The van der Waals surface area contributed by atoms with Crippen LogP contribution in [0, 0.1) is 12.8 Å². The largest absolute Gasteiger partial charge is 0.497 e. The Bertz CT molecular complexity index is 1020. The van der Waals surface area contributed by atoms with Crippen molar-refractivity contribution in [2.75, 3.05) is 20.2 Å². The number of nitrogens with zero attached hydrogens (tertiary/aromatic N) is 7. The number of methoxy groups -OCH3 is 1. The van der Waals surface area contributed by atoms with E-state index in [1.165, 1.54) is 0 Å². The van der Waals surface area contributed by atoms with Gasteiger partial charge >= 0.3 is 0 Å². The van der Waals surface area contributed by atoms with Gasteiger partial charge in [0.2, 0.25) is 0 Å². The summed E-state index contributed by atoms with van der Waals surface area (Å²) in [6, 6.07) is 8.41. The van der Waals surface area contributed by atoms with Crippen molar-refractivity contribution < 1.29 is 4.74 Å². The van der Waals surface area contributed by atoms with Gasteiger partial charge in [-0.1, -0.05) is 19.1 Å². The summed E-state index contributed by atoms with van der Waals surface area (Å²) in [4.78, 5) is 11.6. The molecule has 2 aromatic heterocycles. The lowest BCUT2D eigenvalue weighted by atomic mass is 9.93. The number of aromatic nitrogens is 5. The van der Waals surface area contributed by atoms with Crippen LogP contribution in [-0.4, -0.2) is 55.4 Å². The maximum absolute atomic E-state index is 5.27. The van der Waals surface area contributed by atoms with Crippen molar-refractivity contribution in [1.82, 2.24) is 34.5 Å². The first-order chi connectivity index (χ1) is 15.5. The molecule has 1 fully saturated rings. The van der Waals surface area contributed by atoms with E-state index in [1.807, 2.05) is 43.2 Å². The van der Waals surface area contributed by atoms with E-state index in [0.717, 1.165) is 48.4 Å².